The number of carbonyl (C=O) groups is 2. The van der Waals surface area contributed by atoms with Crippen LogP contribution in [0.3, 0.4) is 0 Å². The van der Waals surface area contributed by atoms with Gasteiger partial charge in [-0.2, -0.15) is 5.10 Å². The SMILES string of the molecule is Cn1nc(-c2ccc(C(N)=O)c(NC3CCOCC3)c2)c2c1C(=O)CC(C)(C)C2. The van der Waals surface area contributed by atoms with Gasteiger partial charge in [-0.15, -0.1) is 0 Å². The molecule has 0 radical (unpaired) electrons. The van der Waals surface area contributed by atoms with Crippen LogP contribution in [0.4, 0.5) is 5.69 Å². The molecule has 4 rings (SSSR count). The smallest absolute Gasteiger partial charge is 0.250 e. The molecule has 1 saturated heterocycles. The molecule has 1 aromatic heterocycles. The Balaban J connectivity index is 1.76. The highest BCUT2D eigenvalue weighted by molar-refractivity contribution is 6.01. The number of nitrogens with one attached hydrogen (secondary N) is 1. The molecule has 2 aromatic rings. The highest BCUT2D eigenvalue weighted by atomic mass is 16.5. The van der Waals surface area contributed by atoms with Crippen LogP contribution in [0.5, 0.6) is 0 Å². The van der Waals surface area contributed by atoms with Gasteiger partial charge in [-0.1, -0.05) is 19.9 Å². The predicted octanol–water partition coefficient (Wildman–Crippen LogP) is 2.93. The van der Waals surface area contributed by atoms with E-state index in [1.165, 1.54) is 0 Å². The van der Waals surface area contributed by atoms with Gasteiger partial charge in [0.2, 0.25) is 0 Å². The van der Waals surface area contributed by atoms with E-state index < -0.39 is 5.91 Å². The number of primary amides is 1. The third-order valence-corrected chi connectivity index (χ3v) is 5.84. The summed E-state index contributed by atoms with van der Waals surface area (Å²) in [6.07, 6.45) is 3.07. The number of ether oxygens (including phenoxy) is 1. The third kappa shape index (κ3) is 3.79. The first-order valence-electron chi connectivity index (χ1n) is 10.1. The topological polar surface area (TPSA) is 99.2 Å². The Morgan fingerprint density at radius 3 is 2.69 bits per heavy atom. The van der Waals surface area contributed by atoms with E-state index in [0.717, 1.165) is 36.1 Å². The fourth-order valence-corrected chi connectivity index (χ4v) is 4.46. The second kappa shape index (κ2) is 7.30. The summed E-state index contributed by atoms with van der Waals surface area (Å²) in [5, 5.41) is 8.14. The van der Waals surface area contributed by atoms with Crippen molar-refractivity contribution in [3.05, 3.63) is 35.0 Å². The number of benzene rings is 1. The molecule has 3 N–H and O–H groups in total. The highest BCUT2D eigenvalue weighted by Crippen LogP contribution is 2.40. The molecule has 0 atom stereocenters. The van der Waals surface area contributed by atoms with Crippen LogP contribution < -0.4 is 11.1 Å². The van der Waals surface area contributed by atoms with Crippen LogP contribution >= 0.6 is 0 Å². The number of nitrogens with zero attached hydrogens (tertiary/aromatic N) is 2. The summed E-state index contributed by atoms with van der Waals surface area (Å²) in [7, 11) is 1.82. The van der Waals surface area contributed by atoms with Crippen molar-refractivity contribution >= 4 is 17.4 Å². The van der Waals surface area contributed by atoms with Crippen LogP contribution in [0, 0.1) is 5.41 Å². The minimum atomic E-state index is -0.467. The number of fused-ring (bicyclic) bond motifs is 1. The molecule has 2 heterocycles. The zero-order chi connectivity index (χ0) is 20.8. The number of anilines is 1. The standard InChI is InChI=1S/C22H28N4O3/c1-22(2)11-16-19(25-26(3)20(16)18(27)12-22)13-4-5-15(21(23)28)17(10-13)24-14-6-8-29-9-7-14/h4-5,10,14,24H,6-9,11-12H2,1-3H3,(H2,23,28). The molecule has 1 amide bonds. The summed E-state index contributed by atoms with van der Waals surface area (Å²) in [5.41, 5.74) is 10.0. The van der Waals surface area contributed by atoms with Crippen LogP contribution in [-0.4, -0.2) is 40.7 Å². The first kappa shape index (κ1) is 19.6. The Labute approximate surface area is 170 Å². The van der Waals surface area contributed by atoms with Gasteiger partial charge >= 0.3 is 0 Å². The lowest BCUT2D eigenvalue weighted by atomic mass is 9.75. The normalized spacial score (nSPS) is 19.1. The van der Waals surface area contributed by atoms with Gasteiger partial charge in [-0.05, 0) is 36.8 Å². The Morgan fingerprint density at radius 1 is 1.28 bits per heavy atom. The molecular weight excluding hydrogens is 368 g/mol. The number of aryl methyl sites for hydroxylation is 1. The molecule has 1 aliphatic heterocycles. The molecule has 0 saturated carbocycles. The van der Waals surface area contributed by atoms with Gasteiger partial charge in [0, 0.05) is 49.5 Å². The Hall–Kier alpha value is -2.67. The van der Waals surface area contributed by atoms with Crippen molar-refractivity contribution in [2.45, 2.75) is 45.6 Å². The largest absolute Gasteiger partial charge is 0.381 e. The van der Waals surface area contributed by atoms with Crippen molar-refractivity contribution < 1.29 is 14.3 Å². The number of hydrogen-bond donors (Lipinski definition) is 2. The quantitative estimate of drug-likeness (QED) is 0.828. The monoisotopic (exact) mass is 396 g/mol. The minimum absolute atomic E-state index is 0.0990. The number of carbonyl (C=O) groups excluding carboxylic acids is 2. The number of Topliss-reactive ketones (excluding diaryl/α,β-unsaturated/α-hetero) is 1. The molecule has 2 aliphatic rings. The maximum atomic E-state index is 12.7. The Morgan fingerprint density at radius 2 is 2.00 bits per heavy atom. The summed E-state index contributed by atoms with van der Waals surface area (Å²) in [4.78, 5) is 24.7. The second-order valence-electron chi connectivity index (χ2n) is 8.90. The van der Waals surface area contributed by atoms with Crippen molar-refractivity contribution in [1.82, 2.24) is 9.78 Å². The zero-order valence-corrected chi connectivity index (χ0v) is 17.2. The van der Waals surface area contributed by atoms with Crippen molar-refractivity contribution in [1.29, 1.82) is 0 Å². The van der Waals surface area contributed by atoms with Gasteiger partial charge in [-0.3, -0.25) is 14.3 Å². The van der Waals surface area contributed by atoms with Gasteiger partial charge in [0.15, 0.2) is 5.78 Å². The zero-order valence-electron chi connectivity index (χ0n) is 17.2. The molecule has 1 aliphatic carbocycles. The number of hydrogen-bond acceptors (Lipinski definition) is 5. The summed E-state index contributed by atoms with van der Waals surface area (Å²) in [6, 6.07) is 5.78. The summed E-state index contributed by atoms with van der Waals surface area (Å²) in [5.74, 6) is -0.336. The fourth-order valence-electron chi connectivity index (χ4n) is 4.46. The first-order chi connectivity index (χ1) is 13.7. The van der Waals surface area contributed by atoms with E-state index in [4.69, 9.17) is 10.5 Å². The number of amides is 1. The summed E-state index contributed by atoms with van der Waals surface area (Å²) >= 11 is 0. The lowest BCUT2D eigenvalue weighted by Gasteiger charge is -2.29. The second-order valence-corrected chi connectivity index (χ2v) is 8.90. The number of nitrogens with two attached hydrogens (primary N) is 1. The van der Waals surface area contributed by atoms with Crippen molar-refractivity contribution in [2.75, 3.05) is 18.5 Å². The molecule has 0 bridgehead atoms. The average Bonchev–Trinajstić information content (AvgIpc) is 2.97. The predicted molar refractivity (Wildman–Crippen MR) is 111 cm³/mol. The van der Waals surface area contributed by atoms with Crippen LogP contribution in [0.25, 0.3) is 11.3 Å². The van der Waals surface area contributed by atoms with Gasteiger partial charge in [0.25, 0.3) is 5.91 Å². The molecule has 29 heavy (non-hydrogen) atoms. The molecule has 0 unspecified atom stereocenters. The van der Waals surface area contributed by atoms with E-state index in [-0.39, 0.29) is 17.2 Å². The fraction of sp³-hybridized carbons (Fsp3) is 0.500. The van der Waals surface area contributed by atoms with E-state index in [2.05, 4.69) is 24.3 Å². The van der Waals surface area contributed by atoms with Gasteiger partial charge in [0.1, 0.15) is 5.69 Å². The Bertz CT molecular complexity index is 971. The van der Waals surface area contributed by atoms with Crippen molar-refractivity contribution in [2.24, 2.45) is 18.2 Å². The highest BCUT2D eigenvalue weighted by Gasteiger charge is 2.36. The van der Waals surface area contributed by atoms with Gasteiger partial charge in [0.05, 0.1) is 11.3 Å². The van der Waals surface area contributed by atoms with Gasteiger partial charge in [-0.25, -0.2) is 0 Å². The third-order valence-electron chi connectivity index (χ3n) is 5.84. The maximum Gasteiger partial charge on any atom is 0.250 e. The lowest BCUT2D eigenvalue weighted by molar-refractivity contribution is 0.0899. The molecule has 154 valence electrons. The first-order valence-corrected chi connectivity index (χ1v) is 10.1. The van der Waals surface area contributed by atoms with Crippen LogP contribution in [0.2, 0.25) is 0 Å². The number of ketones is 1. The molecular formula is C22H28N4O3. The minimum Gasteiger partial charge on any atom is -0.381 e. The van der Waals surface area contributed by atoms with E-state index >= 15 is 0 Å². The maximum absolute atomic E-state index is 12.7. The van der Waals surface area contributed by atoms with E-state index in [0.29, 0.717) is 36.6 Å². The number of rotatable bonds is 4. The van der Waals surface area contributed by atoms with Crippen LogP contribution in [-0.2, 0) is 18.2 Å². The van der Waals surface area contributed by atoms with E-state index in [9.17, 15) is 9.59 Å². The van der Waals surface area contributed by atoms with Crippen molar-refractivity contribution in [3.63, 3.8) is 0 Å². The van der Waals surface area contributed by atoms with Crippen molar-refractivity contribution in [3.8, 4) is 11.3 Å². The van der Waals surface area contributed by atoms with Gasteiger partial charge < -0.3 is 15.8 Å². The molecule has 1 fully saturated rings. The number of aromatic nitrogens is 2. The molecule has 1 aromatic carbocycles. The molecule has 7 heteroatoms. The van der Waals surface area contributed by atoms with Crippen LogP contribution in [0.15, 0.2) is 18.2 Å². The lowest BCUT2D eigenvalue weighted by Crippen LogP contribution is -2.29. The summed E-state index contributed by atoms with van der Waals surface area (Å²) < 4.78 is 7.12. The molecule has 0 spiro atoms. The van der Waals surface area contributed by atoms with E-state index in [1.807, 2.05) is 19.2 Å². The summed E-state index contributed by atoms with van der Waals surface area (Å²) in [6.45, 7) is 5.63. The molecule has 7 nitrogen and oxygen atoms in total. The Kier molecular flexibility index (Phi) is 4.94. The average molecular weight is 396 g/mol. The van der Waals surface area contributed by atoms with Crippen LogP contribution in [0.1, 0.15) is 59.5 Å². The van der Waals surface area contributed by atoms with E-state index in [1.54, 1.807) is 10.7 Å².